The molecule has 9 heteroatoms. The van der Waals surface area contributed by atoms with Crippen LogP contribution in [-0.4, -0.2) is 52.2 Å². The number of ether oxygens (including phenoxy) is 1. The number of hydrogen-bond donors (Lipinski definition) is 3. The lowest BCUT2D eigenvalue weighted by atomic mass is 10.2. The maximum Gasteiger partial charge on any atom is 0.344 e. The molecule has 1 atom stereocenters. The molecule has 2 aliphatic rings. The van der Waals surface area contributed by atoms with Crippen LogP contribution in [0.25, 0.3) is 0 Å². The fraction of sp³-hybridized carbons (Fsp3) is 0.550. The molecule has 8 nitrogen and oxygen atoms in total. The van der Waals surface area contributed by atoms with Crippen LogP contribution in [0.15, 0.2) is 34.2 Å². The number of quaternary nitrogens is 1. The molecule has 0 saturated carbocycles. The van der Waals surface area contributed by atoms with Crippen molar-refractivity contribution in [2.24, 2.45) is 0 Å². The van der Waals surface area contributed by atoms with Gasteiger partial charge in [0, 0.05) is 30.7 Å². The van der Waals surface area contributed by atoms with E-state index in [9.17, 15) is 9.59 Å². The summed E-state index contributed by atoms with van der Waals surface area (Å²) in [7, 11) is 0. The van der Waals surface area contributed by atoms with Crippen LogP contribution < -0.4 is 15.9 Å². The zero-order valence-corrected chi connectivity index (χ0v) is 17.3. The molecule has 4 rings (SSSR count). The summed E-state index contributed by atoms with van der Waals surface area (Å²) < 4.78 is 7.16. The van der Waals surface area contributed by atoms with Gasteiger partial charge in [-0.25, -0.2) is 9.89 Å². The first-order valence-corrected chi connectivity index (χ1v) is 11.3. The highest BCUT2D eigenvalue weighted by atomic mass is 32.2. The second-order valence-electron chi connectivity index (χ2n) is 7.72. The van der Waals surface area contributed by atoms with E-state index in [1.165, 1.54) is 43.3 Å². The number of H-pyrrole nitrogens is 1. The summed E-state index contributed by atoms with van der Waals surface area (Å²) in [6, 6.07) is 8.08. The van der Waals surface area contributed by atoms with Crippen molar-refractivity contribution in [3.8, 4) is 0 Å². The lowest BCUT2D eigenvalue weighted by molar-refractivity contribution is -0.901. The highest BCUT2D eigenvalue weighted by molar-refractivity contribution is 7.99. The molecule has 1 aromatic carbocycles. The number of benzene rings is 1. The number of amides is 1. The van der Waals surface area contributed by atoms with Gasteiger partial charge in [-0.2, -0.15) is 0 Å². The number of carbonyl (C=O) groups is 1. The Hall–Kier alpha value is -2.10. The third kappa shape index (κ3) is 5.49. The number of nitrogens with one attached hydrogen (secondary N) is 3. The highest BCUT2D eigenvalue weighted by Crippen LogP contribution is 2.18. The molecule has 2 fully saturated rings. The number of likely N-dealkylation sites (tertiary alicyclic amines) is 1. The largest absolute Gasteiger partial charge is 0.376 e. The van der Waals surface area contributed by atoms with Crippen LogP contribution in [0.5, 0.6) is 0 Å². The average molecular weight is 419 g/mol. The van der Waals surface area contributed by atoms with Crippen LogP contribution >= 0.6 is 11.8 Å². The van der Waals surface area contributed by atoms with E-state index in [0.29, 0.717) is 11.7 Å². The average Bonchev–Trinajstić information content (AvgIpc) is 3.47. The summed E-state index contributed by atoms with van der Waals surface area (Å²) in [6.07, 6.45) is 4.63. The third-order valence-corrected chi connectivity index (χ3v) is 6.44. The fourth-order valence-corrected chi connectivity index (χ4v) is 4.70. The van der Waals surface area contributed by atoms with Crippen molar-refractivity contribution in [3.05, 3.63) is 40.3 Å². The molecule has 2 aliphatic heterocycles. The number of nitrogens with zero attached hydrogens (tertiary/aromatic N) is 2. The van der Waals surface area contributed by atoms with Gasteiger partial charge >= 0.3 is 5.69 Å². The molecule has 2 aromatic rings. The maximum atomic E-state index is 12.3. The van der Waals surface area contributed by atoms with Crippen LogP contribution in [-0.2, 0) is 22.6 Å². The Morgan fingerprint density at radius 1 is 1.28 bits per heavy atom. The predicted octanol–water partition coefficient (Wildman–Crippen LogP) is 0.660. The van der Waals surface area contributed by atoms with Crippen molar-refractivity contribution < 1.29 is 14.4 Å². The van der Waals surface area contributed by atoms with Crippen molar-refractivity contribution in [2.45, 2.75) is 50.0 Å². The number of thioether (sulfide) groups is 1. The van der Waals surface area contributed by atoms with Gasteiger partial charge in [-0.15, -0.1) is 5.10 Å². The lowest BCUT2D eigenvalue weighted by Gasteiger charge is -2.12. The van der Waals surface area contributed by atoms with Gasteiger partial charge in [-0.1, -0.05) is 23.9 Å². The summed E-state index contributed by atoms with van der Waals surface area (Å²) in [5.74, 6) is 0.0715. The van der Waals surface area contributed by atoms with Crippen molar-refractivity contribution in [1.82, 2.24) is 14.8 Å². The van der Waals surface area contributed by atoms with E-state index in [4.69, 9.17) is 4.74 Å². The molecule has 156 valence electrons. The molecule has 0 spiro atoms. The summed E-state index contributed by atoms with van der Waals surface area (Å²) in [6.45, 7) is 4.76. The quantitative estimate of drug-likeness (QED) is 0.548. The fourth-order valence-electron chi connectivity index (χ4n) is 3.94. The van der Waals surface area contributed by atoms with Crippen LogP contribution in [0.4, 0.5) is 5.69 Å². The zero-order chi connectivity index (χ0) is 20.1. The van der Waals surface area contributed by atoms with Gasteiger partial charge in [0.2, 0.25) is 5.91 Å². The monoisotopic (exact) mass is 418 g/mol. The second-order valence-corrected chi connectivity index (χ2v) is 8.67. The minimum absolute atomic E-state index is 0.0411. The Morgan fingerprint density at radius 2 is 2.07 bits per heavy atom. The van der Waals surface area contributed by atoms with Crippen LogP contribution in [0.2, 0.25) is 0 Å². The lowest BCUT2D eigenvalue weighted by Crippen LogP contribution is -3.08. The molecule has 0 unspecified atom stereocenters. The van der Waals surface area contributed by atoms with Crippen LogP contribution in [0, 0.1) is 0 Å². The summed E-state index contributed by atoms with van der Waals surface area (Å²) in [4.78, 5) is 25.9. The van der Waals surface area contributed by atoms with E-state index in [2.05, 4.69) is 27.6 Å². The number of rotatable bonds is 8. The predicted molar refractivity (Wildman–Crippen MR) is 111 cm³/mol. The number of anilines is 1. The van der Waals surface area contributed by atoms with E-state index < -0.39 is 0 Å². The van der Waals surface area contributed by atoms with E-state index >= 15 is 0 Å². The number of aromatic amines is 1. The normalized spacial score (nSPS) is 19.7. The van der Waals surface area contributed by atoms with Gasteiger partial charge in [0.1, 0.15) is 6.54 Å². The third-order valence-electron chi connectivity index (χ3n) is 5.47. The van der Waals surface area contributed by atoms with Crippen molar-refractivity contribution in [1.29, 1.82) is 0 Å². The first-order chi connectivity index (χ1) is 14.2. The standard InChI is InChI=1S/C20H27N5O3S/c26-18(21-16-7-5-15(6-8-16)12-24-9-1-2-10-24)14-29-20-23-22-19(27)25(20)13-17-4-3-11-28-17/h5-8,17H,1-4,9-14H2,(H,21,26)(H,22,27)/p+1/t17-/m0/s1. The molecular formula is C20H28N5O3S+. The van der Waals surface area contributed by atoms with E-state index in [1.54, 1.807) is 9.47 Å². The Bertz CT molecular complexity index is 867. The van der Waals surface area contributed by atoms with Crippen molar-refractivity contribution in [3.63, 3.8) is 0 Å². The molecule has 3 N–H and O–H groups in total. The van der Waals surface area contributed by atoms with Gasteiger partial charge in [0.25, 0.3) is 0 Å². The Kier molecular flexibility index (Phi) is 6.68. The topological polar surface area (TPSA) is 93.5 Å². The van der Waals surface area contributed by atoms with Gasteiger partial charge in [-0.05, 0) is 25.0 Å². The smallest absolute Gasteiger partial charge is 0.344 e. The number of hydrogen-bond acceptors (Lipinski definition) is 5. The number of carbonyl (C=O) groups excluding carboxylic acids is 1. The Balaban J connectivity index is 1.27. The first-order valence-electron chi connectivity index (χ1n) is 10.3. The van der Waals surface area contributed by atoms with Crippen molar-refractivity contribution >= 4 is 23.4 Å². The van der Waals surface area contributed by atoms with E-state index in [1.807, 2.05) is 12.1 Å². The van der Waals surface area contributed by atoms with E-state index in [-0.39, 0.29) is 23.5 Å². The summed E-state index contributed by atoms with van der Waals surface area (Å²) in [5, 5.41) is 9.95. The highest BCUT2D eigenvalue weighted by Gasteiger charge is 2.20. The maximum absolute atomic E-state index is 12.3. The zero-order valence-electron chi connectivity index (χ0n) is 16.5. The summed E-state index contributed by atoms with van der Waals surface area (Å²) in [5.41, 5.74) is 1.82. The number of aromatic nitrogens is 3. The minimum atomic E-state index is -0.265. The van der Waals surface area contributed by atoms with Gasteiger partial charge in [0.15, 0.2) is 5.16 Å². The Morgan fingerprint density at radius 3 is 2.79 bits per heavy atom. The van der Waals surface area contributed by atoms with E-state index in [0.717, 1.165) is 31.7 Å². The molecule has 1 aromatic heterocycles. The molecule has 1 amide bonds. The van der Waals surface area contributed by atoms with Crippen LogP contribution in [0.3, 0.4) is 0 Å². The molecule has 0 radical (unpaired) electrons. The molecule has 0 aliphatic carbocycles. The molecule has 0 bridgehead atoms. The van der Waals surface area contributed by atoms with Gasteiger partial charge < -0.3 is 15.0 Å². The molecule has 3 heterocycles. The summed E-state index contributed by atoms with van der Waals surface area (Å²) >= 11 is 1.25. The molecule has 2 saturated heterocycles. The Labute approximate surface area is 174 Å². The molecule has 29 heavy (non-hydrogen) atoms. The first kappa shape index (κ1) is 20.2. The van der Waals surface area contributed by atoms with Gasteiger partial charge in [0.05, 0.1) is 31.5 Å². The van der Waals surface area contributed by atoms with Gasteiger partial charge in [-0.3, -0.25) is 9.36 Å². The van der Waals surface area contributed by atoms with Crippen LogP contribution in [0.1, 0.15) is 31.2 Å². The van der Waals surface area contributed by atoms with Crippen molar-refractivity contribution in [2.75, 3.05) is 30.8 Å². The molecular weight excluding hydrogens is 390 g/mol. The second kappa shape index (κ2) is 9.60. The minimum Gasteiger partial charge on any atom is -0.376 e. The SMILES string of the molecule is O=C(CSc1n[nH]c(=O)n1C[C@@H]1CCCO1)Nc1ccc(C[NH+]2CCCC2)cc1.